The zero-order chi connectivity index (χ0) is 7.82. The zero-order valence-electron chi connectivity index (χ0n) is 6.38. The van der Waals surface area contributed by atoms with Crippen molar-refractivity contribution in [1.29, 1.82) is 0 Å². The molecule has 0 fully saturated rings. The molecule has 0 N–H and O–H groups in total. The molecule has 0 aromatic rings. The van der Waals surface area contributed by atoms with Crippen LogP contribution < -0.4 is 0 Å². The van der Waals surface area contributed by atoms with E-state index in [1.165, 1.54) is 12.5 Å². The van der Waals surface area contributed by atoms with E-state index in [2.05, 4.69) is 13.2 Å². The summed E-state index contributed by atoms with van der Waals surface area (Å²) in [6.07, 6.45) is 2.87. The highest BCUT2D eigenvalue weighted by atomic mass is 16.5. The molecule has 58 valence electrons. The maximum atomic E-state index is 4.94. The molecule has 0 saturated carbocycles. The molecule has 2 nitrogen and oxygen atoms in total. The van der Waals surface area contributed by atoms with Gasteiger partial charge in [-0.15, -0.1) is 0 Å². The molecule has 0 saturated heterocycles. The molecule has 0 rings (SSSR count). The van der Waals surface area contributed by atoms with Crippen molar-refractivity contribution in [2.45, 2.75) is 6.92 Å². The summed E-state index contributed by atoms with van der Waals surface area (Å²) in [5.41, 5.74) is 0. The van der Waals surface area contributed by atoms with E-state index in [1.807, 2.05) is 6.92 Å². The highest BCUT2D eigenvalue weighted by Gasteiger charge is 1.99. The third kappa shape index (κ3) is 5.22. The molecule has 0 aromatic carbocycles. The SMILES string of the molecule is C=COCC(C)COC=C. The minimum atomic E-state index is 0.385. The van der Waals surface area contributed by atoms with Gasteiger partial charge >= 0.3 is 0 Å². The highest BCUT2D eigenvalue weighted by Crippen LogP contribution is 1.96. The molecule has 0 amide bonds. The molecule has 10 heavy (non-hydrogen) atoms. The highest BCUT2D eigenvalue weighted by molar-refractivity contribution is 4.56. The molecular weight excluding hydrogens is 128 g/mol. The first-order valence-electron chi connectivity index (χ1n) is 3.26. The lowest BCUT2D eigenvalue weighted by molar-refractivity contribution is 0.134. The predicted octanol–water partition coefficient (Wildman–Crippen LogP) is 1.94. The Morgan fingerprint density at radius 2 is 1.60 bits per heavy atom. The molecular formula is C8H14O2. The van der Waals surface area contributed by atoms with Crippen LogP contribution in [-0.2, 0) is 9.47 Å². The lowest BCUT2D eigenvalue weighted by Crippen LogP contribution is -2.08. The number of ether oxygens (including phenoxy) is 2. The van der Waals surface area contributed by atoms with Gasteiger partial charge in [0.2, 0.25) is 0 Å². The van der Waals surface area contributed by atoms with Crippen molar-refractivity contribution in [1.82, 2.24) is 0 Å². The third-order valence-electron chi connectivity index (χ3n) is 0.997. The van der Waals surface area contributed by atoms with Gasteiger partial charge in [0.05, 0.1) is 25.7 Å². The first-order chi connectivity index (χ1) is 4.81. The van der Waals surface area contributed by atoms with E-state index in [9.17, 15) is 0 Å². The monoisotopic (exact) mass is 142 g/mol. The van der Waals surface area contributed by atoms with Gasteiger partial charge in [-0.3, -0.25) is 0 Å². The fraction of sp³-hybridized carbons (Fsp3) is 0.500. The second-order valence-corrected chi connectivity index (χ2v) is 2.11. The Balaban J connectivity index is 3.15. The van der Waals surface area contributed by atoms with Crippen LogP contribution in [0.2, 0.25) is 0 Å². The lowest BCUT2D eigenvalue weighted by Gasteiger charge is -2.08. The molecule has 0 aromatic heterocycles. The van der Waals surface area contributed by atoms with E-state index in [0.717, 1.165) is 0 Å². The predicted molar refractivity (Wildman–Crippen MR) is 41.5 cm³/mol. The van der Waals surface area contributed by atoms with E-state index in [4.69, 9.17) is 9.47 Å². The Morgan fingerprint density at radius 1 is 1.20 bits per heavy atom. The Morgan fingerprint density at radius 3 is 1.90 bits per heavy atom. The summed E-state index contributed by atoms with van der Waals surface area (Å²) in [5, 5.41) is 0. The van der Waals surface area contributed by atoms with Gasteiger partial charge in [0, 0.05) is 5.92 Å². The van der Waals surface area contributed by atoms with Gasteiger partial charge in [0.15, 0.2) is 0 Å². The van der Waals surface area contributed by atoms with Crippen molar-refractivity contribution in [3.05, 3.63) is 25.7 Å². The fourth-order valence-corrected chi connectivity index (χ4v) is 0.513. The molecule has 0 aliphatic carbocycles. The summed E-state index contributed by atoms with van der Waals surface area (Å²) in [5.74, 6) is 0.385. The summed E-state index contributed by atoms with van der Waals surface area (Å²) >= 11 is 0. The fourth-order valence-electron chi connectivity index (χ4n) is 0.513. The van der Waals surface area contributed by atoms with Crippen molar-refractivity contribution in [2.24, 2.45) is 5.92 Å². The normalized spacial score (nSPS) is 9.00. The van der Waals surface area contributed by atoms with Crippen LogP contribution in [0.4, 0.5) is 0 Å². The van der Waals surface area contributed by atoms with Crippen LogP contribution in [0.1, 0.15) is 6.92 Å². The summed E-state index contributed by atoms with van der Waals surface area (Å²) < 4.78 is 9.88. The smallest absolute Gasteiger partial charge is 0.0931 e. The van der Waals surface area contributed by atoms with Crippen LogP contribution in [0.15, 0.2) is 25.7 Å². The van der Waals surface area contributed by atoms with E-state index >= 15 is 0 Å². The van der Waals surface area contributed by atoms with Crippen molar-refractivity contribution in [2.75, 3.05) is 13.2 Å². The number of rotatable bonds is 6. The zero-order valence-corrected chi connectivity index (χ0v) is 6.38. The topological polar surface area (TPSA) is 18.5 Å². The van der Waals surface area contributed by atoms with Crippen LogP contribution in [0.25, 0.3) is 0 Å². The molecule has 2 heteroatoms. The third-order valence-corrected chi connectivity index (χ3v) is 0.997. The van der Waals surface area contributed by atoms with Crippen LogP contribution >= 0.6 is 0 Å². The molecule has 0 atom stereocenters. The van der Waals surface area contributed by atoms with Gasteiger partial charge in [0.1, 0.15) is 0 Å². The molecule has 0 bridgehead atoms. The average molecular weight is 142 g/mol. The van der Waals surface area contributed by atoms with Crippen molar-refractivity contribution in [3.8, 4) is 0 Å². The molecule has 0 unspecified atom stereocenters. The van der Waals surface area contributed by atoms with Gasteiger partial charge in [-0.1, -0.05) is 20.1 Å². The molecule has 0 spiro atoms. The van der Waals surface area contributed by atoms with Crippen LogP contribution in [0.5, 0.6) is 0 Å². The van der Waals surface area contributed by atoms with Crippen molar-refractivity contribution < 1.29 is 9.47 Å². The maximum absolute atomic E-state index is 4.94. The summed E-state index contributed by atoms with van der Waals surface area (Å²) in [4.78, 5) is 0. The van der Waals surface area contributed by atoms with Crippen LogP contribution in [0.3, 0.4) is 0 Å². The summed E-state index contributed by atoms with van der Waals surface area (Å²) in [6.45, 7) is 10.2. The second kappa shape index (κ2) is 6.20. The van der Waals surface area contributed by atoms with Gasteiger partial charge in [-0.05, 0) is 0 Å². The lowest BCUT2D eigenvalue weighted by atomic mass is 10.2. The van der Waals surface area contributed by atoms with Gasteiger partial charge in [-0.2, -0.15) is 0 Å². The van der Waals surface area contributed by atoms with E-state index in [1.54, 1.807) is 0 Å². The Hall–Kier alpha value is -0.920. The Kier molecular flexibility index (Phi) is 5.63. The first-order valence-corrected chi connectivity index (χ1v) is 3.26. The molecule has 0 radical (unpaired) electrons. The minimum absolute atomic E-state index is 0.385. The molecule has 0 aliphatic heterocycles. The van der Waals surface area contributed by atoms with Crippen molar-refractivity contribution in [3.63, 3.8) is 0 Å². The Labute approximate surface area is 62.1 Å². The maximum Gasteiger partial charge on any atom is 0.0931 e. The minimum Gasteiger partial charge on any atom is -0.501 e. The van der Waals surface area contributed by atoms with Gasteiger partial charge < -0.3 is 9.47 Å². The quantitative estimate of drug-likeness (QED) is 0.528. The van der Waals surface area contributed by atoms with Gasteiger partial charge in [0.25, 0.3) is 0 Å². The van der Waals surface area contributed by atoms with E-state index in [-0.39, 0.29) is 0 Å². The first kappa shape index (κ1) is 9.08. The standard InChI is InChI=1S/C8H14O2/c1-4-9-6-8(3)7-10-5-2/h4-5,8H,1-2,6-7H2,3H3. The molecule has 0 heterocycles. The Bertz CT molecular complexity index is 87.4. The van der Waals surface area contributed by atoms with Crippen molar-refractivity contribution >= 4 is 0 Å². The number of hydrogen-bond donors (Lipinski definition) is 0. The van der Waals surface area contributed by atoms with Crippen LogP contribution in [-0.4, -0.2) is 13.2 Å². The summed E-state index contributed by atoms with van der Waals surface area (Å²) in [6, 6.07) is 0. The molecule has 0 aliphatic rings. The average Bonchev–Trinajstić information content (AvgIpc) is 1.97. The van der Waals surface area contributed by atoms with Gasteiger partial charge in [-0.25, -0.2) is 0 Å². The second-order valence-electron chi connectivity index (χ2n) is 2.11. The van der Waals surface area contributed by atoms with E-state index in [0.29, 0.717) is 19.1 Å². The van der Waals surface area contributed by atoms with E-state index < -0.39 is 0 Å². The largest absolute Gasteiger partial charge is 0.501 e. The van der Waals surface area contributed by atoms with Crippen LogP contribution in [0, 0.1) is 5.92 Å². The number of hydrogen-bond acceptors (Lipinski definition) is 2. The summed E-state index contributed by atoms with van der Waals surface area (Å²) in [7, 11) is 0.